The minimum atomic E-state index is -3.21. The van der Waals surface area contributed by atoms with Crippen molar-refractivity contribution in [2.24, 2.45) is 5.84 Å². The molecule has 0 radical (unpaired) electrons. The zero-order valence-electron chi connectivity index (χ0n) is 8.64. The van der Waals surface area contributed by atoms with E-state index in [-0.39, 0.29) is 11.5 Å². The number of carbonyl (C=O) groups is 1. The van der Waals surface area contributed by atoms with Crippen LogP contribution in [0.15, 0.2) is 29.2 Å². The Kier molecular flexibility index (Phi) is 3.86. The summed E-state index contributed by atoms with van der Waals surface area (Å²) in [6.07, 6.45) is 1.12. The van der Waals surface area contributed by atoms with Crippen molar-refractivity contribution >= 4 is 15.7 Å². The molecule has 0 spiro atoms. The van der Waals surface area contributed by atoms with Gasteiger partial charge in [0.25, 0.3) is 5.91 Å². The van der Waals surface area contributed by atoms with Crippen molar-refractivity contribution in [2.45, 2.75) is 4.90 Å². The second kappa shape index (κ2) is 4.95. The van der Waals surface area contributed by atoms with Gasteiger partial charge in [0.2, 0.25) is 0 Å². The van der Waals surface area contributed by atoms with Crippen LogP contribution in [0, 0.1) is 0 Å². The van der Waals surface area contributed by atoms with E-state index in [0.717, 1.165) is 6.26 Å². The maximum Gasteiger partial charge on any atom is 0.271 e. The lowest BCUT2D eigenvalue weighted by Gasteiger charge is -2.05. The van der Waals surface area contributed by atoms with Gasteiger partial charge in [-0.2, -0.15) is 0 Å². The highest BCUT2D eigenvalue weighted by Crippen LogP contribution is 2.15. The number of amides is 1. The third kappa shape index (κ3) is 3.52. The van der Waals surface area contributed by atoms with Gasteiger partial charge in [0.05, 0.1) is 4.90 Å². The Hall–Kier alpha value is -1.60. The fraction of sp³-hybridized carbons (Fsp3) is 0.222. The Balaban J connectivity index is 2.69. The lowest BCUT2D eigenvalue weighted by atomic mass is 10.3. The molecule has 0 aromatic heterocycles. The van der Waals surface area contributed by atoms with Crippen LogP contribution in [-0.2, 0) is 14.6 Å². The van der Waals surface area contributed by atoms with Crippen LogP contribution in [0.3, 0.4) is 0 Å². The van der Waals surface area contributed by atoms with Gasteiger partial charge < -0.3 is 4.74 Å². The van der Waals surface area contributed by atoms with Gasteiger partial charge in [-0.1, -0.05) is 0 Å². The van der Waals surface area contributed by atoms with E-state index >= 15 is 0 Å². The summed E-state index contributed by atoms with van der Waals surface area (Å²) in [5, 5.41) is 0. The molecular weight excluding hydrogens is 232 g/mol. The molecule has 1 amide bonds. The van der Waals surface area contributed by atoms with Gasteiger partial charge in [-0.05, 0) is 24.3 Å². The molecule has 0 unspecified atom stereocenters. The molecule has 1 aromatic carbocycles. The molecule has 0 aliphatic heterocycles. The van der Waals surface area contributed by atoms with Crippen LogP contribution in [0.25, 0.3) is 0 Å². The number of hydrogen-bond acceptors (Lipinski definition) is 5. The van der Waals surface area contributed by atoms with Crippen LogP contribution in [0.2, 0.25) is 0 Å². The second-order valence-corrected chi connectivity index (χ2v) is 5.12. The Morgan fingerprint density at radius 2 is 1.94 bits per heavy atom. The zero-order valence-corrected chi connectivity index (χ0v) is 9.45. The van der Waals surface area contributed by atoms with Crippen molar-refractivity contribution in [2.75, 3.05) is 12.9 Å². The SMILES string of the molecule is CS(=O)(=O)c1ccc(OCC(=O)NN)cc1. The normalized spacial score (nSPS) is 10.9. The molecule has 0 saturated heterocycles. The van der Waals surface area contributed by atoms with Crippen LogP contribution in [0.5, 0.6) is 5.75 Å². The number of nitrogens with one attached hydrogen (secondary N) is 1. The van der Waals surface area contributed by atoms with Gasteiger partial charge in [-0.25, -0.2) is 14.3 Å². The first-order valence-electron chi connectivity index (χ1n) is 4.36. The van der Waals surface area contributed by atoms with Gasteiger partial charge in [0.1, 0.15) is 5.75 Å². The number of ether oxygens (including phenoxy) is 1. The summed E-state index contributed by atoms with van der Waals surface area (Å²) in [6, 6.07) is 5.76. The number of rotatable bonds is 4. The molecule has 7 heteroatoms. The van der Waals surface area contributed by atoms with E-state index in [1.54, 1.807) is 0 Å². The second-order valence-electron chi connectivity index (χ2n) is 3.10. The summed E-state index contributed by atoms with van der Waals surface area (Å²) in [5.41, 5.74) is 1.91. The van der Waals surface area contributed by atoms with Gasteiger partial charge in [0.15, 0.2) is 16.4 Å². The Morgan fingerprint density at radius 1 is 1.38 bits per heavy atom. The van der Waals surface area contributed by atoms with E-state index in [4.69, 9.17) is 10.6 Å². The molecule has 88 valence electrons. The zero-order chi connectivity index (χ0) is 12.2. The first-order chi connectivity index (χ1) is 7.43. The minimum absolute atomic E-state index is 0.197. The summed E-state index contributed by atoms with van der Waals surface area (Å²) in [6.45, 7) is -0.214. The molecule has 1 rings (SSSR count). The molecule has 0 atom stereocenters. The van der Waals surface area contributed by atoms with Gasteiger partial charge in [-0.3, -0.25) is 10.2 Å². The number of hydrogen-bond donors (Lipinski definition) is 2. The van der Waals surface area contributed by atoms with E-state index in [9.17, 15) is 13.2 Å². The third-order valence-corrected chi connectivity index (χ3v) is 2.91. The minimum Gasteiger partial charge on any atom is -0.484 e. The first kappa shape index (κ1) is 12.5. The van der Waals surface area contributed by atoms with Crippen molar-refractivity contribution in [1.29, 1.82) is 0 Å². The standard InChI is InChI=1S/C9H12N2O4S/c1-16(13,14)8-4-2-7(3-5-8)15-6-9(12)11-10/h2-5H,6,10H2,1H3,(H,11,12). The summed E-state index contributed by atoms with van der Waals surface area (Å²) < 4.78 is 27.3. The fourth-order valence-electron chi connectivity index (χ4n) is 0.974. The largest absolute Gasteiger partial charge is 0.484 e. The number of sulfone groups is 1. The van der Waals surface area contributed by atoms with Crippen LogP contribution in [0.4, 0.5) is 0 Å². The van der Waals surface area contributed by atoms with Crippen LogP contribution in [0.1, 0.15) is 0 Å². The molecule has 0 fully saturated rings. The average molecular weight is 244 g/mol. The highest BCUT2D eigenvalue weighted by atomic mass is 32.2. The summed E-state index contributed by atoms with van der Waals surface area (Å²) in [5.74, 6) is 4.79. The van der Waals surface area contributed by atoms with Crippen LogP contribution >= 0.6 is 0 Å². The van der Waals surface area contributed by atoms with Crippen molar-refractivity contribution in [3.05, 3.63) is 24.3 Å². The smallest absolute Gasteiger partial charge is 0.271 e. The van der Waals surface area contributed by atoms with E-state index in [0.29, 0.717) is 5.75 Å². The molecular formula is C9H12N2O4S. The molecule has 1 aromatic rings. The number of nitrogens with two attached hydrogens (primary N) is 1. The highest BCUT2D eigenvalue weighted by molar-refractivity contribution is 7.90. The molecule has 0 aliphatic carbocycles. The highest BCUT2D eigenvalue weighted by Gasteiger charge is 2.06. The lowest BCUT2D eigenvalue weighted by Crippen LogP contribution is -2.34. The predicted octanol–water partition coefficient (Wildman–Crippen LogP) is -0.541. The van der Waals surface area contributed by atoms with Crippen LogP contribution in [-0.4, -0.2) is 27.2 Å². The summed E-state index contributed by atoms with van der Waals surface area (Å²) in [4.78, 5) is 11.0. The van der Waals surface area contributed by atoms with Crippen LogP contribution < -0.4 is 16.0 Å². The predicted molar refractivity (Wildman–Crippen MR) is 57.4 cm³/mol. The van der Waals surface area contributed by atoms with E-state index in [2.05, 4.69) is 0 Å². The number of carbonyl (C=O) groups excluding carboxylic acids is 1. The maximum absolute atomic E-state index is 11.1. The molecule has 0 aliphatic rings. The van der Waals surface area contributed by atoms with E-state index in [1.807, 2.05) is 5.43 Å². The molecule has 3 N–H and O–H groups in total. The lowest BCUT2D eigenvalue weighted by molar-refractivity contribution is -0.123. The van der Waals surface area contributed by atoms with Gasteiger partial charge >= 0.3 is 0 Å². The van der Waals surface area contributed by atoms with Gasteiger partial charge in [0, 0.05) is 6.26 Å². The van der Waals surface area contributed by atoms with Gasteiger partial charge in [-0.15, -0.1) is 0 Å². The van der Waals surface area contributed by atoms with E-state index in [1.165, 1.54) is 24.3 Å². The van der Waals surface area contributed by atoms with Crippen molar-refractivity contribution < 1.29 is 17.9 Å². The van der Waals surface area contributed by atoms with Crippen molar-refractivity contribution in [3.8, 4) is 5.75 Å². The molecule has 0 heterocycles. The molecule has 0 bridgehead atoms. The Bertz CT molecular complexity index is 467. The quantitative estimate of drug-likeness (QED) is 0.421. The monoisotopic (exact) mass is 244 g/mol. The Labute approximate surface area is 93.3 Å². The Morgan fingerprint density at radius 3 is 2.38 bits per heavy atom. The number of hydrazine groups is 1. The first-order valence-corrected chi connectivity index (χ1v) is 6.25. The number of benzene rings is 1. The summed E-state index contributed by atoms with van der Waals surface area (Å²) >= 11 is 0. The third-order valence-electron chi connectivity index (χ3n) is 1.78. The topological polar surface area (TPSA) is 98.5 Å². The van der Waals surface area contributed by atoms with E-state index < -0.39 is 15.7 Å². The van der Waals surface area contributed by atoms with Crippen molar-refractivity contribution in [1.82, 2.24) is 5.43 Å². The molecule has 16 heavy (non-hydrogen) atoms. The van der Waals surface area contributed by atoms with Crippen molar-refractivity contribution in [3.63, 3.8) is 0 Å². The fourth-order valence-corrected chi connectivity index (χ4v) is 1.60. The average Bonchev–Trinajstić information content (AvgIpc) is 2.25. The molecule has 0 saturated carbocycles. The maximum atomic E-state index is 11.1. The summed E-state index contributed by atoms with van der Waals surface area (Å²) in [7, 11) is -3.21. The molecule has 6 nitrogen and oxygen atoms in total.